The minimum atomic E-state index is -3.19. The maximum absolute atomic E-state index is 13.4. The normalized spacial score (nSPS) is 18.2. The third-order valence-electron chi connectivity index (χ3n) is 4.43. The zero-order chi connectivity index (χ0) is 17.9. The Hall–Kier alpha value is -1.77. The van der Waals surface area contributed by atoms with Gasteiger partial charge in [-0.05, 0) is 37.1 Å². The molecule has 1 aromatic heterocycles. The molecule has 0 radical (unpaired) electrons. The number of sulfonamides is 1. The molecule has 25 heavy (non-hydrogen) atoms. The van der Waals surface area contributed by atoms with Crippen molar-refractivity contribution in [3.8, 4) is 0 Å². The van der Waals surface area contributed by atoms with Crippen molar-refractivity contribution in [1.82, 2.24) is 19.4 Å². The molecule has 0 spiro atoms. The average molecular weight is 366 g/mol. The van der Waals surface area contributed by atoms with E-state index in [1.807, 2.05) is 16.8 Å². The van der Waals surface area contributed by atoms with Crippen LogP contribution in [0, 0.1) is 5.82 Å². The molecular formula is C17H23FN4O2S. The molecule has 1 N–H and O–H groups in total. The lowest BCUT2D eigenvalue weighted by Gasteiger charge is -2.34. The van der Waals surface area contributed by atoms with Crippen molar-refractivity contribution in [3.05, 3.63) is 53.6 Å². The fraction of sp³-hybridized carbons (Fsp3) is 0.471. The highest BCUT2D eigenvalue weighted by Gasteiger charge is 2.25. The van der Waals surface area contributed by atoms with E-state index in [1.165, 1.54) is 6.07 Å². The first-order chi connectivity index (χ1) is 12.0. The average Bonchev–Trinajstić information content (AvgIpc) is 3.03. The molecule has 0 fully saturated rings. The fourth-order valence-electron chi connectivity index (χ4n) is 3.18. The van der Waals surface area contributed by atoms with E-state index in [0.29, 0.717) is 19.5 Å². The molecule has 2 aromatic rings. The van der Waals surface area contributed by atoms with Crippen molar-refractivity contribution in [1.29, 1.82) is 0 Å². The van der Waals surface area contributed by atoms with Crippen LogP contribution in [-0.2, 0) is 23.1 Å². The predicted octanol–water partition coefficient (Wildman–Crippen LogP) is 1.91. The van der Waals surface area contributed by atoms with Crippen LogP contribution in [0.3, 0.4) is 0 Å². The molecule has 0 saturated carbocycles. The number of nitrogens with zero attached hydrogens (tertiary/aromatic N) is 3. The minimum Gasteiger partial charge on any atom is -0.291 e. The van der Waals surface area contributed by atoms with Gasteiger partial charge in [-0.25, -0.2) is 17.5 Å². The van der Waals surface area contributed by atoms with Crippen LogP contribution in [0.1, 0.15) is 30.6 Å². The number of hydrogen-bond donors (Lipinski definition) is 1. The molecule has 8 heteroatoms. The van der Waals surface area contributed by atoms with Crippen molar-refractivity contribution in [2.75, 3.05) is 18.8 Å². The SMILES string of the molecule is CCS(=O)(=O)NCC[C@@H]1CN(Cc2cccc(F)c2)Cc2ccnn21. The van der Waals surface area contributed by atoms with E-state index in [-0.39, 0.29) is 17.6 Å². The van der Waals surface area contributed by atoms with Crippen LogP contribution in [-0.4, -0.2) is 41.9 Å². The Labute approximate surface area is 147 Å². The van der Waals surface area contributed by atoms with Gasteiger partial charge in [0.05, 0.1) is 17.5 Å². The lowest BCUT2D eigenvalue weighted by atomic mass is 10.1. The number of hydrogen-bond acceptors (Lipinski definition) is 4. The standard InChI is InChI=1S/C17H23FN4O2S/c1-2-25(23,24)20-9-7-17-13-21(12-16-6-8-19-22(16)17)11-14-4-3-5-15(18)10-14/h3-6,8,10,17,20H,2,7,9,11-13H2,1H3/t17-/m1/s1. The largest absolute Gasteiger partial charge is 0.291 e. The Morgan fingerprint density at radius 2 is 2.20 bits per heavy atom. The van der Waals surface area contributed by atoms with E-state index in [2.05, 4.69) is 14.7 Å². The first kappa shape index (κ1) is 18.0. The Morgan fingerprint density at radius 3 is 2.96 bits per heavy atom. The molecule has 0 amide bonds. The van der Waals surface area contributed by atoms with Gasteiger partial charge in [0, 0.05) is 32.4 Å². The van der Waals surface area contributed by atoms with Crippen LogP contribution in [0.25, 0.3) is 0 Å². The van der Waals surface area contributed by atoms with Crippen LogP contribution in [0.5, 0.6) is 0 Å². The molecule has 0 saturated heterocycles. The second-order valence-electron chi connectivity index (χ2n) is 6.31. The van der Waals surface area contributed by atoms with Gasteiger partial charge < -0.3 is 0 Å². The summed E-state index contributed by atoms with van der Waals surface area (Å²) in [6.07, 6.45) is 2.43. The number of rotatable bonds is 7. The highest BCUT2D eigenvalue weighted by molar-refractivity contribution is 7.89. The molecule has 0 bridgehead atoms. The summed E-state index contributed by atoms with van der Waals surface area (Å²) in [6.45, 7) is 4.15. The van der Waals surface area contributed by atoms with Crippen LogP contribution in [0.4, 0.5) is 4.39 Å². The Bertz CT molecular complexity index is 822. The van der Waals surface area contributed by atoms with Gasteiger partial charge >= 0.3 is 0 Å². The van der Waals surface area contributed by atoms with Crippen LogP contribution >= 0.6 is 0 Å². The van der Waals surface area contributed by atoms with Gasteiger partial charge in [-0.15, -0.1) is 0 Å². The maximum atomic E-state index is 13.4. The number of halogens is 1. The summed E-state index contributed by atoms with van der Waals surface area (Å²) in [5, 5.41) is 4.38. The maximum Gasteiger partial charge on any atom is 0.211 e. The molecule has 0 aliphatic carbocycles. The first-order valence-electron chi connectivity index (χ1n) is 8.43. The summed E-state index contributed by atoms with van der Waals surface area (Å²) in [5.41, 5.74) is 2.02. The monoisotopic (exact) mass is 366 g/mol. The van der Waals surface area contributed by atoms with Gasteiger partial charge in [0.2, 0.25) is 10.0 Å². The van der Waals surface area contributed by atoms with Gasteiger partial charge in [-0.1, -0.05) is 12.1 Å². The fourth-order valence-corrected chi connectivity index (χ4v) is 3.81. The summed E-state index contributed by atoms with van der Waals surface area (Å²) in [6, 6.07) is 8.69. The third-order valence-corrected chi connectivity index (χ3v) is 5.83. The van der Waals surface area contributed by atoms with Crippen molar-refractivity contribution in [3.63, 3.8) is 0 Å². The summed E-state index contributed by atoms with van der Waals surface area (Å²) in [7, 11) is -3.19. The highest BCUT2D eigenvalue weighted by atomic mass is 32.2. The summed E-state index contributed by atoms with van der Waals surface area (Å²) in [4.78, 5) is 2.24. The molecule has 1 atom stereocenters. The van der Waals surface area contributed by atoms with Crippen molar-refractivity contribution in [2.45, 2.75) is 32.5 Å². The van der Waals surface area contributed by atoms with E-state index < -0.39 is 10.0 Å². The van der Waals surface area contributed by atoms with Gasteiger partial charge in [-0.2, -0.15) is 5.10 Å². The molecule has 136 valence electrons. The van der Waals surface area contributed by atoms with E-state index >= 15 is 0 Å². The number of aromatic nitrogens is 2. The van der Waals surface area contributed by atoms with Crippen molar-refractivity contribution in [2.24, 2.45) is 0 Å². The highest BCUT2D eigenvalue weighted by Crippen LogP contribution is 2.24. The zero-order valence-corrected chi connectivity index (χ0v) is 15.0. The minimum absolute atomic E-state index is 0.0797. The van der Waals surface area contributed by atoms with E-state index in [1.54, 1.807) is 25.3 Å². The van der Waals surface area contributed by atoms with Gasteiger partial charge in [0.25, 0.3) is 0 Å². The van der Waals surface area contributed by atoms with Crippen molar-refractivity contribution >= 4 is 10.0 Å². The Morgan fingerprint density at radius 1 is 1.36 bits per heavy atom. The molecule has 2 heterocycles. The third kappa shape index (κ3) is 4.65. The number of nitrogens with one attached hydrogen (secondary N) is 1. The Kier molecular flexibility index (Phi) is 5.51. The van der Waals surface area contributed by atoms with Crippen LogP contribution in [0.15, 0.2) is 36.5 Å². The summed E-state index contributed by atoms with van der Waals surface area (Å²) in [5.74, 6) is -0.152. The van der Waals surface area contributed by atoms with E-state index in [9.17, 15) is 12.8 Å². The number of fused-ring (bicyclic) bond motifs is 1. The van der Waals surface area contributed by atoms with Gasteiger partial charge in [0.1, 0.15) is 5.82 Å². The second-order valence-corrected chi connectivity index (χ2v) is 8.40. The smallest absolute Gasteiger partial charge is 0.211 e. The predicted molar refractivity (Wildman–Crippen MR) is 93.9 cm³/mol. The zero-order valence-electron chi connectivity index (χ0n) is 14.2. The lowest BCUT2D eigenvalue weighted by molar-refractivity contribution is 0.162. The molecule has 3 rings (SSSR count). The van der Waals surface area contributed by atoms with Gasteiger partial charge in [-0.3, -0.25) is 9.58 Å². The second kappa shape index (κ2) is 7.63. The molecule has 1 aliphatic rings. The topological polar surface area (TPSA) is 67.2 Å². The molecule has 1 aliphatic heterocycles. The number of benzene rings is 1. The molecule has 1 aromatic carbocycles. The summed E-state index contributed by atoms with van der Waals surface area (Å²) >= 11 is 0. The van der Waals surface area contributed by atoms with E-state index in [0.717, 1.165) is 24.3 Å². The van der Waals surface area contributed by atoms with Gasteiger partial charge in [0.15, 0.2) is 0 Å². The van der Waals surface area contributed by atoms with Crippen molar-refractivity contribution < 1.29 is 12.8 Å². The molecule has 6 nitrogen and oxygen atoms in total. The van der Waals surface area contributed by atoms with E-state index in [4.69, 9.17) is 0 Å². The quantitative estimate of drug-likeness (QED) is 0.813. The first-order valence-corrected chi connectivity index (χ1v) is 10.1. The lowest BCUT2D eigenvalue weighted by Crippen LogP contribution is -2.39. The van der Waals surface area contributed by atoms with Crippen LogP contribution < -0.4 is 4.72 Å². The molecular weight excluding hydrogens is 343 g/mol. The summed E-state index contributed by atoms with van der Waals surface area (Å²) < 4.78 is 41.2. The molecule has 0 unspecified atom stereocenters. The Balaban J connectivity index is 1.67. The van der Waals surface area contributed by atoms with Crippen LogP contribution in [0.2, 0.25) is 0 Å².